The third-order valence-electron chi connectivity index (χ3n) is 3.64. The minimum atomic E-state index is 0.537. The van der Waals surface area contributed by atoms with E-state index in [1.807, 2.05) is 36.4 Å². The number of para-hydroxylation sites is 2. The molecule has 8 heteroatoms. The van der Waals surface area contributed by atoms with Crippen molar-refractivity contribution in [2.45, 2.75) is 0 Å². The fourth-order valence-electron chi connectivity index (χ4n) is 2.51. The minimum absolute atomic E-state index is 0.537. The number of hydrogen-bond acceptors (Lipinski definition) is 7. The SMILES string of the molecule is COc1cc(Nc2nc3ccccc3n3nnnc23)cc(OC)c1. The first-order valence-electron chi connectivity index (χ1n) is 7.25. The van der Waals surface area contributed by atoms with Gasteiger partial charge in [-0.1, -0.05) is 12.1 Å². The lowest BCUT2D eigenvalue weighted by molar-refractivity contribution is 0.395. The van der Waals surface area contributed by atoms with Crippen molar-refractivity contribution in [1.29, 1.82) is 0 Å². The van der Waals surface area contributed by atoms with Crippen LogP contribution in [0.3, 0.4) is 0 Å². The van der Waals surface area contributed by atoms with Gasteiger partial charge in [-0.3, -0.25) is 0 Å². The summed E-state index contributed by atoms with van der Waals surface area (Å²) in [6.07, 6.45) is 0. The van der Waals surface area contributed by atoms with Gasteiger partial charge in [-0.05, 0) is 22.6 Å². The van der Waals surface area contributed by atoms with Gasteiger partial charge in [-0.15, -0.1) is 5.10 Å². The number of methoxy groups -OCH3 is 2. The number of benzene rings is 2. The molecule has 0 fully saturated rings. The molecule has 0 aliphatic rings. The normalized spacial score (nSPS) is 10.9. The molecule has 4 aromatic rings. The van der Waals surface area contributed by atoms with Gasteiger partial charge in [-0.25, -0.2) is 4.98 Å². The van der Waals surface area contributed by atoms with Gasteiger partial charge in [-0.2, -0.15) is 4.52 Å². The number of nitrogens with one attached hydrogen (secondary N) is 1. The Bertz CT molecular complexity index is 1010. The highest BCUT2D eigenvalue weighted by Crippen LogP contribution is 2.29. The smallest absolute Gasteiger partial charge is 0.222 e. The maximum Gasteiger partial charge on any atom is 0.222 e. The summed E-state index contributed by atoms with van der Waals surface area (Å²) in [4.78, 5) is 4.63. The number of rotatable bonds is 4. The standard InChI is InChI=1S/C16H14N6O2/c1-23-11-7-10(8-12(9-11)24-2)17-15-16-19-20-21-22(16)14-6-4-3-5-13(14)18-15/h3-9H,1-2H3,(H,17,18). The molecule has 8 nitrogen and oxygen atoms in total. The predicted molar refractivity (Wildman–Crippen MR) is 88.9 cm³/mol. The van der Waals surface area contributed by atoms with E-state index in [4.69, 9.17) is 9.47 Å². The molecule has 0 spiro atoms. The first-order valence-corrected chi connectivity index (χ1v) is 7.25. The fourth-order valence-corrected chi connectivity index (χ4v) is 2.51. The van der Waals surface area contributed by atoms with Crippen LogP contribution in [-0.2, 0) is 0 Å². The summed E-state index contributed by atoms with van der Waals surface area (Å²) in [6, 6.07) is 13.2. The largest absolute Gasteiger partial charge is 0.497 e. The van der Waals surface area contributed by atoms with Gasteiger partial charge in [0.15, 0.2) is 5.82 Å². The first-order chi connectivity index (χ1) is 11.8. The van der Waals surface area contributed by atoms with Crippen LogP contribution in [0.5, 0.6) is 11.5 Å². The monoisotopic (exact) mass is 322 g/mol. The Morgan fingerprint density at radius 2 is 1.75 bits per heavy atom. The van der Waals surface area contributed by atoms with Crippen molar-refractivity contribution >= 4 is 28.2 Å². The molecule has 0 amide bonds. The highest BCUT2D eigenvalue weighted by Gasteiger charge is 2.12. The molecule has 24 heavy (non-hydrogen) atoms. The maximum absolute atomic E-state index is 5.29. The maximum atomic E-state index is 5.29. The van der Waals surface area contributed by atoms with Crippen LogP contribution in [0.25, 0.3) is 16.7 Å². The molecule has 4 rings (SSSR count). The van der Waals surface area contributed by atoms with Gasteiger partial charge in [0.05, 0.1) is 25.3 Å². The molecule has 0 saturated heterocycles. The Morgan fingerprint density at radius 3 is 2.50 bits per heavy atom. The van der Waals surface area contributed by atoms with Crippen LogP contribution in [0.1, 0.15) is 0 Å². The summed E-state index contributed by atoms with van der Waals surface area (Å²) in [5.74, 6) is 1.90. The third kappa shape index (κ3) is 2.34. The summed E-state index contributed by atoms with van der Waals surface area (Å²) < 4.78 is 12.2. The van der Waals surface area contributed by atoms with E-state index in [9.17, 15) is 0 Å². The zero-order valence-corrected chi connectivity index (χ0v) is 13.1. The summed E-state index contributed by atoms with van der Waals surface area (Å²) in [5, 5.41) is 15.1. The summed E-state index contributed by atoms with van der Waals surface area (Å²) in [7, 11) is 3.21. The predicted octanol–water partition coefficient (Wildman–Crippen LogP) is 2.43. The van der Waals surface area contributed by atoms with E-state index < -0.39 is 0 Å². The van der Waals surface area contributed by atoms with Crippen LogP contribution in [0.4, 0.5) is 11.5 Å². The second-order valence-corrected chi connectivity index (χ2v) is 5.09. The van der Waals surface area contributed by atoms with Crippen LogP contribution < -0.4 is 14.8 Å². The van der Waals surface area contributed by atoms with E-state index >= 15 is 0 Å². The number of tetrazole rings is 1. The molecule has 1 N–H and O–H groups in total. The van der Waals surface area contributed by atoms with Crippen LogP contribution in [0.2, 0.25) is 0 Å². The van der Waals surface area contributed by atoms with E-state index in [1.165, 1.54) is 0 Å². The van der Waals surface area contributed by atoms with Crippen molar-refractivity contribution in [2.24, 2.45) is 0 Å². The summed E-state index contributed by atoms with van der Waals surface area (Å²) >= 11 is 0. The van der Waals surface area contributed by atoms with Crippen LogP contribution in [0.15, 0.2) is 42.5 Å². The van der Waals surface area contributed by atoms with Crippen molar-refractivity contribution in [3.8, 4) is 11.5 Å². The molecule has 0 aliphatic heterocycles. The van der Waals surface area contributed by atoms with Crippen molar-refractivity contribution in [3.05, 3.63) is 42.5 Å². The van der Waals surface area contributed by atoms with Crippen molar-refractivity contribution < 1.29 is 9.47 Å². The molecular weight excluding hydrogens is 308 g/mol. The van der Waals surface area contributed by atoms with Crippen molar-refractivity contribution in [3.63, 3.8) is 0 Å². The number of nitrogens with zero attached hydrogens (tertiary/aromatic N) is 5. The second-order valence-electron chi connectivity index (χ2n) is 5.09. The number of hydrogen-bond donors (Lipinski definition) is 1. The van der Waals surface area contributed by atoms with Gasteiger partial charge in [0.25, 0.3) is 0 Å². The Balaban J connectivity index is 1.86. The van der Waals surface area contributed by atoms with Crippen molar-refractivity contribution in [2.75, 3.05) is 19.5 Å². The molecule has 2 aromatic carbocycles. The molecule has 2 heterocycles. The molecule has 0 atom stereocenters. The lowest BCUT2D eigenvalue weighted by Crippen LogP contribution is -2.01. The van der Waals surface area contributed by atoms with Gasteiger partial charge in [0.2, 0.25) is 5.65 Å². The molecule has 0 radical (unpaired) electrons. The van der Waals surface area contributed by atoms with E-state index in [-0.39, 0.29) is 0 Å². The van der Waals surface area contributed by atoms with E-state index in [0.29, 0.717) is 23.0 Å². The lowest BCUT2D eigenvalue weighted by atomic mass is 10.2. The molecule has 0 bridgehead atoms. The van der Waals surface area contributed by atoms with Gasteiger partial charge >= 0.3 is 0 Å². The molecule has 2 aromatic heterocycles. The van der Waals surface area contributed by atoms with E-state index in [1.54, 1.807) is 24.8 Å². The van der Waals surface area contributed by atoms with E-state index in [2.05, 4.69) is 25.8 Å². The van der Waals surface area contributed by atoms with Gasteiger partial charge in [0, 0.05) is 23.9 Å². The number of ether oxygens (including phenoxy) is 2. The first kappa shape index (κ1) is 14.2. The van der Waals surface area contributed by atoms with E-state index in [0.717, 1.165) is 16.7 Å². The summed E-state index contributed by atoms with van der Waals surface area (Å²) in [5.41, 5.74) is 2.93. The zero-order chi connectivity index (χ0) is 16.5. The lowest BCUT2D eigenvalue weighted by Gasteiger charge is -2.11. The van der Waals surface area contributed by atoms with Gasteiger partial charge in [0.1, 0.15) is 11.5 Å². The molecule has 0 aliphatic carbocycles. The van der Waals surface area contributed by atoms with Crippen LogP contribution >= 0.6 is 0 Å². The zero-order valence-electron chi connectivity index (χ0n) is 13.1. The Labute approximate surface area is 137 Å². The summed E-state index contributed by atoms with van der Waals surface area (Å²) in [6.45, 7) is 0. The van der Waals surface area contributed by atoms with Gasteiger partial charge < -0.3 is 14.8 Å². The second kappa shape index (κ2) is 5.65. The fraction of sp³-hybridized carbons (Fsp3) is 0.125. The average Bonchev–Trinajstić information content (AvgIpc) is 3.12. The van der Waals surface area contributed by atoms with Crippen LogP contribution in [0, 0.1) is 0 Å². The molecule has 0 unspecified atom stereocenters. The number of fused-ring (bicyclic) bond motifs is 3. The highest BCUT2D eigenvalue weighted by atomic mass is 16.5. The Kier molecular flexibility index (Phi) is 3.34. The quantitative estimate of drug-likeness (QED) is 0.617. The Hall–Kier alpha value is -3.42. The topological polar surface area (TPSA) is 86.5 Å². The number of anilines is 2. The van der Waals surface area contributed by atoms with Crippen LogP contribution in [-0.4, -0.2) is 39.2 Å². The molecule has 0 saturated carbocycles. The molecule has 120 valence electrons. The Morgan fingerprint density at radius 1 is 1.00 bits per heavy atom. The van der Waals surface area contributed by atoms with Crippen molar-refractivity contribution in [1.82, 2.24) is 25.0 Å². The number of aromatic nitrogens is 5. The minimum Gasteiger partial charge on any atom is -0.497 e. The highest BCUT2D eigenvalue weighted by molar-refractivity contribution is 5.83. The third-order valence-corrected chi connectivity index (χ3v) is 3.64. The molecular formula is C16H14N6O2. The average molecular weight is 322 g/mol.